The molecule has 0 unspecified atom stereocenters. The Labute approximate surface area is 148 Å². The van der Waals surface area contributed by atoms with Gasteiger partial charge in [-0.25, -0.2) is 4.79 Å². The number of hydrogen-bond acceptors (Lipinski definition) is 3. The lowest BCUT2D eigenvalue weighted by Crippen LogP contribution is -2.06. The van der Waals surface area contributed by atoms with Gasteiger partial charge in [0, 0.05) is 0 Å². The second-order valence-corrected chi connectivity index (χ2v) is 6.45. The van der Waals surface area contributed by atoms with Crippen molar-refractivity contribution in [1.82, 2.24) is 0 Å². The van der Waals surface area contributed by atoms with Crippen LogP contribution in [0.3, 0.4) is 0 Å². The summed E-state index contributed by atoms with van der Waals surface area (Å²) in [7, 11) is 0. The predicted octanol–water partition coefficient (Wildman–Crippen LogP) is 5.06. The highest BCUT2D eigenvalue weighted by Gasteiger charge is 2.08. The molecule has 0 heterocycles. The first-order chi connectivity index (χ1) is 12.3. The second-order valence-electron chi connectivity index (χ2n) is 6.45. The fourth-order valence-electron chi connectivity index (χ4n) is 3.09. The Kier molecular flexibility index (Phi) is 6.02. The lowest BCUT2D eigenvalue weighted by Gasteiger charge is -2.07. The Bertz CT molecular complexity index is 857. The molecule has 0 aliphatic carbocycles. The molecule has 0 spiro atoms. The molecule has 0 amide bonds. The molecule has 0 saturated carbocycles. The molecule has 0 aliphatic rings. The average molecular weight is 335 g/mol. The van der Waals surface area contributed by atoms with Crippen LogP contribution in [-0.2, 0) is 4.74 Å². The maximum Gasteiger partial charge on any atom is 0.338 e. The monoisotopic (exact) mass is 335 g/mol. The number of ether oxygens (including phenoxy) is 1. The van der Waals surface area contributed by atoms with Gasteiger partial charge in [-0.15, -0.1) is 0 Å². The average Bonchev–Trinajstić information content (AvgIpc) is 2.65. The summed E-state index contributed by atoms with van der Waals surface area (Å²) in [5, 5.41) is 4.59. The molecule has 3 rings (SSSR count). The van der Waals surface area contributed by atoms with E-state index in [1.165, 1.54) is 10.8 Å². The van der Waals surface area contributed by atoms with E-state index in [-0.39, 0.29) is 5.97 Å². The maximum atomic E-state index is 12.2. The number of fused-ring (bicyclic) bond motifs is 2. The molecule has 0 radical (unpaired) electrons. The van der Waals surface area contributed by atoms with Gasteiger partial charge >= 0.3 is 5.97 Å². The molecule has 0 aliphatic heterocycles. The van der Waals surface area contributed by atoms with Crippen LogP contribution in [0.2, 0.25) is 0 Å². The topological polar surface area (TPSA) is 52.3 Å². The minimum atomic E-state index is -0.239. The zero-order valence-corrected chi connectivity index (χ0v) is 14.5. The number of benzene rings is 3. The van der Waals surface area contributed by atoms with Gasteiger partial charge < -0.3 is 10.5 Å². The van der Waals surface area contributed by atoms with Gasteiger partial charge in [0.2, 0.25) is 0 Å². The Morgan fingerprint density at radius 1 is 0.760 bits per heavy atom. The predicted molar refractivity (Wildman–Crippen MR) is 104 cm³/mol. The van der Waals surface area contributed by atoms with Gasteiger partial charge in [0.05, 0.1) is 12.2 Å². The molecular formula is C22H25NO2. The fraction of sp³-hybridized carbons (Fsp3) is 0.318. The van der Waals surface area contributed by atoms with Gasteiger partial charge in [0.15, 0.2) is 0 Å². The van der Waals surface area contributed by atoms with Gasteiger partial charge in [-0.05, 0) is 65.2 Å². The number of carbonyl (C=O) groups is 1. The van der Waals surface area contributed by atoms with Crippen LogP contribution in [0.25, 0.3) is 21.5 Å². The van der Waals surface area contributed by atoms with Crippen LogP contribution < -0.4 is 5.73 Å². The minimum Gasteiger partial charge on any atom is -0.462 e. The Morgan fingerprint density at radius 2 is 1.40 bits per heavy atom. The van der Waals surface area contributed by atoms with Crippen molar-refractivity contribution in [2.45, 2.75) is 32.1 Å². The summed E-state index contributed by atoms with van der Waals surface area (Å²) in [4.78, 5) is 12.2. The molecule has 130 valence electrons. The molecule has 3 heteroatoms. The lowest BCUT2D eigenvalue weighted by atomic mass is 10.0. The zero-order chi connectivity index (χ0) is 17.5. The quantitative estimate of drug-likeness (QED) is 0.356. The normalized spacial score (nSPS) is 11.1. The van der Waals surface area contributed by atoms with Gasteiger partial charge in [-0.3, -0.25) is 0 Å². The van der Waals surface area contributed by atoms with E-state index in [4.69, 9.17) is 10.5 Å². The van der Waals surface area contributed by atoms with Gasteiger partial charge in [-0.2, -0.15) is 0 Å². The first-order valence-electron chi connectivity index (χ1n) is 9.08. The van der Waals surface area contributed by atoms with Crippen molar-refractivity contribution in [3.8, 4) is 0 Å². The molecule has 0 atom stereocenters. The van der Waals surface area contributed by atoms with Crippen LogP contribution in [0, 0.1) is 0 Å². The van der Waals surface area contributed by atoms with E-state index < -0.39 is 0 Å². The molecule has 3 aromatic rings. The van der Waals surface area contributed by atoms with Crippen LogP contribution in [0.1, 0.15) is 42.5 Å². The molecule has 0 fully saturated rings. The van der Waals surface area contributed by atoms with E-state index in [0.29, 0.717) is 12.2 Å². The van der Waals surface area contributed by atoms with Crippen LogP contribution in [0.5, 0.6) is 0 Å². The van der Waals surface area contributed by atoms with Crippen molar-refractivity contribution in [1.29, 1.82) is 0 Å². The van der Waals surface area contributed by atoms with Crippen LogP contribution in [0.15, 0.2) is 54.6 Å². The van der Waals surface area contributed by atoms with Crippen molar-refractivity contribution in [3.05, 3.63) is 60.2 Å². The van der Waals surface area contributed by atoms with E-state index in [0.717, 1.165) is 49.4 Å². The molecule has 0 saturated heterocycles. The van der Waals surface area contributed by atoms with Crippen molar-refractivity contribution in [2.24, 2.45) is 5.73 Å². The second kappa shape index (κ2) is 8.63. The molecule has 0 bridgehead atoms. The fourth-order valence-corrected chi connectivity index (χ4v) is 3.09. The van der Waals surface area contributed by atoms with Crippen molar-refractivity contribution in [2.75, 3.05) is 13.2 Å². The smallest absolute Gasteiger partial charge is 0.338 e. The molecule has 2 N–H and O–H groups in total. The highest BCUT2D eigenvalue weighted by atomic mass is 16.5. The van der Waals surface area contributed by atoms with Crippen molar-refractivity contribution in [3.63, 3.8) is 0 Å². The number of hydrogen-bond donors (Lipinski definition) is 1. The van der Waals surface area contributed by atoms with E-state index in [1.54, 1.807) is 0 Å². The standard InChI is InChI=1S/C22H25NO2/c23-12-6-2-1-3-7-13-25-22(24)20-11-10-19-14-17-8-4-5-9-18(17)15-21(19)16-20/h4-5,8-11,14-16H,1-3,6-7,12-13,23H2. The molecule has 0 aromatic heterocycles. The number of esters is 1. The summed E-state index contributed by atoms with van der Waals surface area (Å²) in [6.07, 6.45) is 5.37. The summed E-state index contributed by atoms with van der Waals surface area (Å²) < 4.78 is 5.41. The number of rotatable bonds is 8. The van der Waals surface area contributed by atoms with Gasteiger partial charge in [-0.1, -0.05) is 49.6 Å². The first kappa shape index (κ1) is 17.4. The summed E-state index contributed by atoms with van der Waals surface area (Å²) in [5.74, 6) is -0.239. The van der Waals surface area contributed by atoms with Crippen LogP contribution in [-0.4, -0.2) is 19.1 Å². The highest BCUT2D eigenvalue weighted by molar-refractivity contribution is 6.01. The van der Waals surface area contributed by atoms with Crippen molar-refractivity contribution >= 4 is 27.5 Å². The van der Waals surface area contributed by atoms with E-state index in [9.17, 15) is 4.79 Å². The third-order valence-electron chi connectivity index (χ3n) is 4.52. The number of carbonyl (C=O) groups excluding carboxylic acids is 1. The summed E-state index contributed by atoms with van der Waals surface area (Å²) in [5.41, 5.74) is 6.09. The maximum absolute atomic E-state index is 12.2. The van der Waals surface area contributed by atoms with Crippen LogP contribution >= 0.6 is 0 Å². The Balaban J connectivity index is 1.61. The Hall–Kier alpha value is -2.39. The summed E-state index contributed by atoms with van der Waals surface area (Å²) in [6, 6.07) is 18.3. The minimum absolute atomic E-state index is 0.239. The largest absolute Gasteiger partial charge is 0.462 e. The first-order valence-corrected chi connectivity index (χ1v) is 9.08. The molecule has 25 heavy (non-hydrogen) atoms. The van der Waals surface area contributed by atoms with E-state index >= 15 is 0 Å². The molecule has 3 nitrogen and oxygen atoms in total. The molecule has 3 aromatic carbocycles. The van der Waals surface area contributed by atoms with E-state index in [2.05, 4.69) is 24.3 Å². The van der Waals surface area contributed by atoms with Crippen LogP contribution in [0.4, 0.5) is 0 Å². The highest BCUT2D eigenvalue weighted by Crippen LogP contribution is 2.24. The third kappa shape index (κ3) is 4.58. The lowest BCUT2D eigenvalue weighted by molar-refractivity contribution is 0.0498. The Morgan fingerprint density at radius 3 is 2.16 bits per heavy atom. The number of nitrogens with two attached hydrogens (primary N) is 1. The number of unbranched alkanes of at least 4 members (excludes halogenated alkanes) is 4. The van der Waals surface area contributed by atoms with Crippen molar-refractivity contribution < 1.29 is 9.53 Å². The zero-order valence-electron chi connectivity index (χ0n) is 14.5. The van der Waals surface area contributed by atoms with Gasteiger partial charge in [0.1, 0.15) is 0 Å². The summed E-state index contributed by atoms with van der Waals surface area (Å²) in [6.45, 7) is 1.24. The summed E-state index contributed by atoms with van der Waals surface area (Å²) >= 11 is 0. The SMILES string of the molecule is NCCCCCCCOC(=O)c1ccc2cc3ccccc3cc2c1. The van der Waals surface area contributed by atoms with E-state index in [1.807, 2.05) is 30.3 Å². The van der Waals surface area contributed by atoms with Gasteiger partial charge in [0.25, 0.3) is 0 Å². The molecular weight excluding hydrogens is 310 g/mol. The third-order valence-corrected chi connectivity index (χ3v) is 4.52.